The van der Waals surface area contributed by atoms with Crippen LogP contribution in [0.25, 0.3) is 0 Å². The Hall–Kier alpha value is -2.08. The van der Waals surface area contributed by atoms with E-state index in [-0.39, 0.29) is 13.0 Å². The molecule has 0 radical (unpaired) electrons. The molecule has 0 aliphatic carbocycles. The van der Waals surface area contributed by atoms with Gasteiger partial charge in [0.1, 0.15) is 23.8 Å². The first-order valence-corrected chi connectivity index (χ1v) is 7.84. The third-order valence-corrected chi connectivity index (χ3v) is 3.77. The molecule has 0 spiro atoms. The summed E-state index contributed by atoms with van der Waals surface area (Å²) in [5.41, 5.74) is 1.61. The standard InChI is InChI=1S/C19H25NO4/c1-14(20(2)3)24-18-11-7-16(8-12-18)19(21)15-5-9-17(10-6-15)23-13-22-4/h5-12,14,19,21H,13H2,1-4H3. The maximum absolute atomic E-state index is 10.5. The van der Waals surface area contributed by atoms with Gasteiger partial charge in [0.15, 0.2) is 6.79 Å². The quantitative estimate of drug-likeness (QED) is 0.754. The summed E-state index contributed by atoms with van der Waals surface area (Å²) in [4.78, 5) is 1.98. The number of methoxy groups -OCH3 is 1. The Balaban J connectivity index is 2.02. The highest BCUT2D eigenvalue weighted by Gasteiger charge is 2.12. The van der Waals surface area contributed by atoms with Gasteiger partial charge >= 0.3 is 0 Å². The first-order chi connectivity index (χ1) is 11.5. The van der Waals surface area contributed by atoms with Crippen molar-refractivity contribution in [1.82, 2.24) is 4.90 Å². The third-order valence-electron chi connectivity index (χ3n) is 3.77. The maximum Gasteiger partial charge on any atom is 0.188 e. The van der Waals surface area contributed by atoms with E-state index in [0.29, 0.717) is 5.75 Å². The van der Waals surface area contributed by atoms with Crippen LogP contribution in [-0.2, 0) is 4.74 Å². The van der Waals surface area contributed by atoms with Crippen LogP contribution >= 0.6 is 0 Å². The highest BCUT2D eigenvalue weighted by molar-refractivity contribution is 5.36. The molecule has 5 nitrogen and oxygen atoms in total. The van der Waals surface area contributed by atoms with Crippen molar-refractivity contribution >= 4 is 0 Å². The number of nitrogens with zero attached hydrogens (tertiary/aromatic N) is 1. The maximum atomic E-state index is 10.5. The molecule has 5 heteroatoms. The third kappa shape index (κ3) is 4.96. The van der Waals surface area contributed by atoms with E-state index in [4.69, 9.17) is 14.2 Å². The summed E-state index contributed by atoms with van der Waals surface area (Å²) in [5, 5.41) is 10.5. The van der Waals surface area contributed by atoms with Crippen LogP contribution in [0.5, 0.6) is 11.5 Å². The molecule has 0 aromatic heterocycles. The second kappa shape index (κ2) is 8.68. The van der Waals surface area contributed by atoms with Gasteiger partial charge in [-0.3, -0.25) is 4.90 Å². The van der Waals surface area contributed by atoms with Gasteiger partial charge in [-0.05, 0) is 56.4 Å². The van der Waals surface area contributed by atoms with Crippen molar-refractivity contribution in [3.05, 3.63) is 59.7 Å². The summed E-state index contributed by atoms with van der Waals surface area (Å²) in [6.45, 7) is 2.19. The number of hydrogen-bond acceptors (Lipinski definition) is 5. The minimum Gasteiger partial charge on any atom is -0.475 e. The van der Waals surface area contributed by atoms with Crippen LogP contribution in [-0.4, -0.2) is 44.2 Å². The van der Waals surface area contributed by atoms with Gasteiger partial charge in [-0.2, -0.15) is 0 Å². The molecule has 0 bridgehead atoms. The van der Waals surface area contributed by atoms with Gasteiger partial charge in [0.2, 0.25) is 0 Å². The predicted molar refractivity (Wildman–Crippen MR) is 93.2 cm³/mol. The Morgan fingerprint density at radius 2 is 1.42 bits per heavy atom. The molecular formula is C19H25NO4. The monoisotopic (exact) mass is 331 g/mol. The van der Waals surface area contributed by atoms with Crippen LogP contribution in [0, 0.1) is 0 Å². The van der Waals surface area contributed by atoms with Crippen molar-refractivity contribution in [2.75, 3.05) is 28.0 Å². The van der Waals surface area contributed by atoms with E-state index >= 15 is 0 Å². The zero-order valence-electron chi connectivity index (χ0n) is 14.6. The number of aliphatic hydroxyl groups excluding tert-OH is 1. The van der Waals surface area contributed by atoms with Crippen LogP contribution in [0.3, 0.4) is 0 Å². The van der Waals surface area contributed by atoms with Crippen molar-refractivity contribution in [2.24, 2.45) is 0 Å². The predicted octanol–water partition coefficient (Wildman–Crippen LogP) is 3.04. The average molecular weight is 331 g/mol. The second-order valence-corrected chi connectivity index (χ2v) is 5.77. The van der Waals surface area contributed by atoms with E-state index < -0.39 is 6.10 Å². The zero-order valence-corrected chi connectivity index (χ0v) is 14.6. The normalized spacial score (nSPS) is 13.6. The minimum absolute atomic E-state index is 0.0135. The number of aliphatic hydroxyl groups is 1. The van der Waals surface area contributed by atoms with E-state index in [0.717, 1.165) is 16.9 Å². The molecule has 0 fully saturated rings. The molecule has 0 saturated heterocycles. The van der Waals surface area contributed by atoms with Gasteiger partial charge in [-0.15, -0.1) is 0 Å². The van der Waals surface area contributed by atoms with Gasteiger partial charge in [0.05, 0.1) is 0 Å². The lowest BCUT2D eigenvalue weighted by atomic mass is 10.0. The van der Waals surface area contributed by atoms with Gasteiger partial charge in [0, 0.05) is 7.11 Å². The molecule has 0 heterocycles. The van der Waals surface area contributed by atoms with E-state index in [9.17, 15) is 5.11 Å². The first kappa shape index (κ1) is 18.3. The largest absolute Gasteiger partial charge is 0.475 e. The summed E-state index contributed by atoms with van der Waals surface area (Å²) in [5.74, 6) is 1.48. The van der Waals surface area contributed by atoms with Crippen molar-refractivity contribution in [1.29, 1.82) is 0 Å². The van der Waals surface area contributed by atoms with Gasteiger partial charge in [-0.1, -0.05) is 24.3 Å². The molecule has 0 amide bonds. The molecule has 0 saturated carbocycles. The SMILES string of the molecule is COCOc1ccc(C(O)c2ccc(OC(C)N(C)C)cc2)cc1. The Bertz CT molecular complexity index is 610. The van der Waals surface area contributed by atoms with Crippen LogP contribution < -0.4 is 9.47 Å². The lowest BCUT2D eigenvalue weighted by Crippen LogP contribution is -2.30. The average Bonchev–Trinajstić information content (AvgIpc) is 2.60. The Labute approximate surface area is 143 Å². The fourth-order valence-electron chi connectivity index (χ4n) is 2.10. The fraction of sp³-hybridized carbons (Fsp3) is 0.368. The summed E-state index contributed by atoms with van der Waals surface area (Å²) < 4.78 is 16.0. The lowest BCUT2D eigenvalue weighted by Gasteiger charge is -2.21. The summed E-state index contributed by atoms with van der Waals surface area (Å²) in [7, 11) is 5.50. The van der Waals surface area contributed by atoms with Crippen LogP contribution in [0.1, 0.15) is 24.2 Å². The van der Waals surface area contributed by atoms with Crippen LogP contribution in [0.2, 0.25) is 0 Å². The second-order valence-electron chi connectivity index (χ2n) is 5.77. The highest BCUT2D eigenvalue weighted by Crippen LogP contribution is 2.26. The zero-order chi connectivity index (χ0) is 17.5. The van der Waals surface area contributed by atoms with Crippen molar-refractivity contribution in [2.45, 2.75) is 19.3 Å². The highest BCUT2D eigenvalue weighted by atomic mass is 16.7. The van der Waals surface area contributed by atoms with Crippen LogP contribution in [0.15, 0.2) is 48.5 Å². The number of ether oxygens (including phenoxy) is 3. The summed E-state index contributed by atoms with van der Waals surface area (Å²) in [6, 6.07) is 14.8. The van der Waals surface area contributed by atoms with Crippen molar-refractivity contribution in [3.63, 3.8) is 0 Å². The molecule has 2 aromatic carbocycles. The molecular weight excluding hydrogens is 306 g/mol. The molecule has 0 aliphatic rings. The summed E-state index contributed by atoms with van der Waals surface area (Å²) in [6.07, 6.45) is -0.706. The smallest absolute Gasteiger partial charge is 0.188 e. The molecule has 2 rings (SSSR count). The van der Waals surface area contributed by atoms with E-state index in [1.807, 2.05) is 74.4 Å². The van der Waals surface area contributed by atoms with Crippen LogP contribution in [0.4, 0.5) is 0 Å². The van der Waals surface area contributed by atoms with E-state index in [2.05, 4.69) is 0 Å². The Kier molecular flexibility index (Phi) is 6.61. The Morgan fingerprint density at radius 3 is 1.88 bits per heavy atom. The topological polar surface area (TPSA) is 51.2 Å². The molecule has 1 N–H and O–H groups in total. The molecule has 24 heavy (non-hydrogen) atoms. The fourth-order valence-corrected chi connectivity index (χ4v) is 2.10. The van der Waals surface area contributed by atoms with Gasteiger partial charge in [0.25, 0.3) is 0 Å². The molecule has 2 aromatic rings. The lowest BCUT2D eigenvalue weighted by molar-refractivity contribution is 0.0511. The molecule has 130 valence electrons. The number of benzene rings is 2. The van der Waals surface area contributed by atoms with Gasteiger partial charge < -0.3 is 19.3 Å². The number of hydrogen-bond donors (Lipinski definition) is 1. The van der Waals surface area contributed by atoms with Gasteiger partial charge in [-0.25, -0.2) is 0 Å². The minimum atomic E-state index is -0.693. The summed E-state index contributed by atoms with van der Waals surface area (Å²) >= 11 is 0. The molecule has 2 unspecified atom stereocenters. The first-order valence-electron chi connectivity index (χ1n) is 7.84. The Morgan fingerprint density at radius 1 is 0.917 bits per heavy atom. The number of rotatable bonds is 8. The molecule has 2 atom stereocenters. The van der Waals surface area contributed by atoms with E-state index in [1.165, 1.54) is 0 Å². The van der Waals surface area contributed by atoms with Crippen molar-refractivity contribution < 1.29 is 19.3 Å². The van der Waals surface area contributed by atoms with E-state index in [1.54, 1.807) is 7.11 Å². The molecule has 0 aliphatic heterocycles. The van der Waals surface area contributed by atoms with Crippen molar-refractivity contribution in [3.8, 4) is 11.5 Å².